The van der Waals surface area contributed by atoms with Crippen LogP contribution in [0.15, 0.2) is 0 Å². The molecule has 1 heterocycles. The molecule has 1 rings (SSSR count). The van der Waals surface area contributed by atoms with Crippen LogP contribution < -0.4 is 10.6 Å². The Hall–Kier alpha value is -0.770. The highest BCUT2D eigenvalue weighted by Crippen LogP contribution is 2.12. The minimum atomic E-state index is -0.188. The summed E-state index contributed by atoms with van der Waals surface area (Å²) in [4.78, 5) is 11.5. The summed E-state index contributed by atoms with van der Waals surface area (Å²) in [5.74, 6) is 0. The van der Waals surface area contributed by atoms with Crippen molar-refractivity contribution < 1.29 is 9.53 Å². The summed E-state index contributed by atoms with van der Waals surface area (Å²) < 4.78 is 5.35. The lowest BCUT2D eigenvalue weighted by Gasteiger charge is -2.23. The number of amides is 2. The molecule has 2 unspecified atom stereocenters. The van der Waals surface area contributed by atoms with Crippen LogP contribution in [0.1, 0.15) is 34.1 Å². The molecule has 0 aromatic heterocycles. The Bertz CT molecular complexity index is 211. The molecular weight excluding hydrogens is 180 g/mol. The molecule has 4 nitrogen and oxygen atoms in total. The molecule has 1 aliphatic rings. The van der Waals surface area contributed by atoms with Gasteiger partial charge in [-0.1, -0.05) is 0 Å². The van der Waals surface area contributed by atoms with Gasteiger partial charge in [0.2, 0.25) is 0 Å². The maximum atomic E-state index is 11.5. The highest BCUT2D eigenvalue weighted by molar-refractivity contribution is 5.75. The third-order valence-corrected chi connectivity index (χ3v) is 2.18. The Kier molecular flexibility index (Phi) is 3.37. The van der Waals surface area contributed by atoms with Crippen LogP contribution in [-0.2, 0) is 4.74 Å². The minimum Gasteiger partial charge on any atom is -0.376 e. The molecule has 0 aliphatic carbocycles. The van der Waals surface area contributed by atoms with E-state index >= 15 is 0 Å². The van der Waals surface area contributed by atoms with Crippen LogP contribution >= 0.6 is 0 Å². The van der Waals surface area contributed by atoms with Gasteiger partial charge in [-0.25, -0.2) is 4.79 Å². The standard InChI is InChI=1S/C10H20N2O2/c1-7-8(5-6-14-7)11-9(13)12-10(2,3)4/h7-8H,5-6H2,1-4H3,(H2,11,12,13). The van der Waals surface area contributed by atoms with Crippen molar-refractivity contribution >= 4 is 6.03 Å². The van der Waals surface area contributed by atoms with Gasteiger partial charge in [0.25, 0.3) is 0 Å². The monoisotopic (exact) mass is 200 g/mol. The van der Waals surface area contributed by atoms with Gasteiger partial charge in [-0.3, -0.25) is 0 Å². The molecule has 0 aromatic rings. The lowest BCUT2D eigenvalue weighted by atomic mass is 10.1. The SMILES string of the molecule is CC1OCCC1NC(=O)NC(C)(C)C. The van der Waals surface area contributed by atoms with E-state index in [1.54, 1.807) is 0 Å². The van der Waals surface area contributed by atoms with Crippen LogP contribution in [0.3, 0.4) is 0 Å². The molecule has 0 bridgehead atoms. The van der Waals surface area contributed by atoms with Gasteiger partial charge in [0, 0.05) is 12.1 Å². The second-order valence-corrected chi connectivity index (χ2v) is 4.82. The van der Waals surface area contributed by atoms with E-state index in [1.165, 1.54) is 0 Å². The molecule has 1 saturated heterocycles. The summed E-state index contributed by atoms with van der Waals surface area (Å²) in [5.41, 5.74) is -0.188. The summed E-state index contributed by atoms with van der Waals surface area (Å²) in [7, 11) is 0. The summed E-state index contributed by atoms with van der Waals surface area (Å²) in [6, 6.07) is 0.0391. The second-order valence-electron chi connectivity index (χ2n) is 4.82. The third-order valence-electron chi connectivity index (χ3n) is 2.18. The maximum Gasteiger partial charge on any atom is 0.315 e. The van der Waals surface area contributed by atoms with Crippen molar-refractivity contribution in [3.05, 3.63) is 0 Å². The molecule has 2 amide bonds. The quantitative estimate of drug-likeness (QED) is 0.669. The molecule has 1 aliphatic heterocycles. The van der Waals surface area contributed by atoms with Crippen molar-refractivity contribution in [1.29, 1.82) is 0 Å². The molecule has 0 spiro atoms. The van der Waals surface area contributed by atoms with E-state index in [-0.39, 0.29) is 23.7 Å². The van der Waals surface area contributed by atoms with E-state index in [4.69, 9.17) is 4.74 Å². The summed E-state index contributed by atoms with van der Waals surface area (Å²) >= 11 is 0. The largest absolute Gasteiger partial charge is 0.376 e. The lowest BCUT2D eigenvalue weighted by molar-refractivity contribution is 0.114. The van der Waals surface area contributed by atoms with E-state index in [1.807, 2.05) is 27.7 Å². The number of hydrogen-bond donors (Lipinski definition) is 2. The molecular formula is C10H20N2O2. The first-order chi connectivity index (χ1) is 6.38. The summed E-state index contributed by atoms with van der Waals surface area (Å²) in [5, 5.41) is 5.77. The van der Waals surface area contributed by atoms with Crippen molar-refractivity contribution in [2.24, 2.45) is 0 Å². The van der Waals surface area contributed by atoms with Gasteiger partial charge in [0.15, 0.2) is 0 Å². The lowest BCUT2D eigenvalue weighted by Crippen LogP contribution is -2.51. The second kappa shape index (κ2) is 4.17. The molecule has 2 N–H and O–H groups in total. The fourth-order valence-corrected chi connectivity index (χ4v) is 1.47. The number of nitrogens with one attached hydrogen (secondary N) is 2. The van der Waals surface area contributed by atoms with E-state index in [0.29, 0.717) is 0 Å². The Morgan fingerprint density at radius 3 is 2.50 bits per heavy atom. The van der Waals surface area contributed by atoms with E-state index in [9.17, 15) is 4.79 Å². The molecule has 0 saturated carbocycles. The Labute approximate surface area is 85.4 Å². The highest BCUT2D eigenvalue weighted by Gasteiger charge is 2.26. The van der Waals surface area contributed by atoms with Crippen LogP contribution in [0, 0.1) is 0 Å². The highest BCUT2D eigenvalue weighted by atomic mass is 16.5. The maximum absolute atomic E-state index is 11.5. The van der Waals surface area contributed by atoms with Crippen molar-refractivity contribution in [1.82, 2.24) is 10.6 Å². The minimum absolute atomic E-state index is 0.111. The van der Waals surface area contributed by atoms with Gasteiger partial charge in [-0.05, 0) is 34.1 Å². The Balaban J connectivity index is 2.33. The van der Waals surface area contributed by atoms with E-state index in [0.717, 1.165) is 13.0 Å². The van der Waals surface area contributed by atoms with Gasteiger partial charge in [-0.2, -0.15) is 0 Å². The summed E-state index contributed by atoms with van der Waals surface area (Å²) in [6.45, 7) is 8.60. The third kappa shape index (κ3) is 3.54. The molecule has 82 valence electrons. The van der Waals surface area contributed by atoms with Crippen molar-refractivity contribution in [2.75, 3.05) is 6.61 Å². The zero-order valence-electron chi connectivity index (χ0n) is 9.39. The number of rotatable bonds is 1. The smallest absolute Gasteiger partial charge is 0.315 e. The van der Waals surface area contributed by atoms with Gasteiger partial charge >= 0.3 is 6.03 Å². The van der Waals surface area contributed by atoms with Gasteiger partial charge in [-0.15, -0.1) is 0 Å². The molecule has 4 heteroatoms. The van der Waals surface area contributed by atoms with Crippen LogP contribution in [0.4, 0.5) is 4.79 Å². The number of carbonyl (C=O) groups excluding carboxylic acids is 1. The normalized spacial score (nSPS) is 27.4. The van der Waals surface area contributed by atoms with E-state index in [2.05, 4.69) is 10.6 Å². The van der Waals surface area contributed by atoms with Gasteiger partial charge < -0.3 is 15.4 Å². The zero-order valence-corrected chi connectivity index (χ0v) is 9.39. The van der Waals surface area contributed by atoms with Crippen LogP contribution in [0.2, 0.25) is 0 Å². The first-order valence-electron chi connectivity index (χ1n) is 5.09. The van der Waals surface area contributed by atoms with Crippen LogP contribution in [0.5, 0.6) is 0 Å². The van der Waals surface area contributed by atoms with Gasteiger partial charge in [0.05, 0.1) is 12.1 Å². The zero-order chi connectivity index (χ0) is 10.8. The molecule has 2 atom stereocenters. The summed E-state index contributed by atoms with van der Waals surface area (Å²) in [6.07, 6.45) is 1.03. The van der Waals surface area contributed by atoms with E-state index < -0.39 is 0 Å². The van der Waals surface area contributed by atoms with Crippen LogP contribution in [-0.4, -0.2) is 30.3 Å². The number of hydrogen-bond acceptors (Lipinski definition) is 2. The number of carbonyl (C=O) groups is 1. The molecule has 0 aromatic carbocycles. The van der Waals surface area contributed by atoms with Crippen LogP contribution in [0.25, 0.3) is 0 Å². The first kappa shape index (κ1) is 11.3. The topological polar surface area (TPSA) is 50.4 Å². The predicted molar refractivity (Wildman–Crippen MR) is 55.2 cm³/mol. The average molecular weight is 200 g/mol. The molecule has 1 fully saturated rings. The number of urea groups is 1. The first-order valence-corrected chi connectivity index (χ1v) is 5.09. The van der Waals surface area contributed by atoms with Crippen molar-refractivity contribution in [3.63, 3.8) is 0 Å². The molecule has 14 heavy (non-hydrogen) atoms. The Morgan fingerprint density at radius 1 is 1.43 bits per heavy atom. The fraction of sp³-hybridized carbons (Fsp3) is 0.900. The number of ether oxygens (including phenoxy) is 1. The van der Waals surface area contributed by atoms with Gasteiger partial charge in [0.1, 0.15) is 0 Å². The Morgan fingerprint density at radius 2 is 2.07 bits per heavy atom. The van der Waals surface area contributed by atoms with Crippen molar-refractivity contribution in [3.8, 4) is 0 Å². The fourth-order valence-electron chi connectivity index (χ4n) is 1.47. The molecule has 0 radical (unpaired) electrons. The predicted octanol–water partition coefficient (Wildman–Crippen LogP) is 1.26. The average Bonchev–Trinajstić information content (AvgIpc) is 2.32. The van der Waals surface area contributed by atoms with Crippen molar-refractivity contribution in [2.45, 2.75) is 51.8 Å².